The summed E-state index contributed by atoms with van der Waals surface area (Å²) in [4.78, 5) is 29.4. The summed E-state index contributed by atoms with van der Waals surface area (Å²) in [6, 6.07) is 11.7. The molecule has 0 spiro atoms. The fourth-order valence-electron chi connectivity index (χ4n) is 2.30. The number of hydrogen-bond donors (Lipinski definition) is 1. The van der Waals surface area contributed by atoms with Crippen LogP contribution in [0, 0.1) is 6.92 Å². The fraction of sp³-hybridized carbons (Fsp3) is 0.158. The van der Waals surface area contributed by atoms with Crippen LogP contribution < -0.4 is 5.32 Å². The summed E-state index contributed by atoms with van der Waals surface area (Å²) in [5.74, 6) is 0.205. The van der Waals surface area contributed by atoms with Crippen LogP contribution in [0.25, 0.3) is 0 Å². The van der Waals surface area contributed by atoms with Gasteiger partial charge in [0.15, 0.2) is 12.4 Å². The zero-order valence-corrected chi connectivity index (χ0v) is 17.5. The lowest BCUT2D eigenvalue weighted by molar-refractivity contribution is -0.119. The maximum absolute atomic E-state index is 12.5. The molecule has 1 N–H and O–H groups in total. The average Bonchev–Trinajstić information content (AvgIpc) is 3.13. The smallest absolute Gasteiger partial charge is 0.339 e. The Balaban J connectivity index is 1.60. The molecule has 0 aliphatic rings. The molecule has 1 heterocycles. The van der Waals surface area contributed by atoms with Crippen LogP contribution in [0.15, 0.2) is 51.9 Å². The molecule has 0 bridgehead atoms. The van der Waals surface area contributed by atoms with Crippen molar-refractivity contribution in [2.45, 2.75) is 17.6 Å². The van der Waals surface area contributed by atoms with Gasteiger partial charge in [0.2, 0.25) is 5.89 Å². The van der Waals surface area contributed by atoms with Gasteiger partial charge < -0.3 is 14.6 Å². The Morgan fingerprint density at radius 2 is 1.86 bits per heavy atom. The summed E-state index contributed by atoms with van der Waals surface area (Å²) < 4.78 is 10.2. The third-order valence-electron chi connectivity index (χ3n) is 3.59. The molecule has 0 radical (unpaired) electrons. The SMILES string of the molecule is Cc1noc(CSc2ccccc2C(=O)OCC(=O)Nc2c(Cl)cccc2Cl)n1. The van der Waals surface area contributed by atoms with Gasteiger partial charge in [-0.1, -0.05) is 46.6 Å². The molecule has 0 saturated heterocycles. The van der Waals surface area contributed by atoms with Crippen LogP contribution in [0.4, 0.5) is 5.69 Å². The highest BCUT2D eigenvalue weighted by Gasteiger charge is 2.17. The summed E-state index contributed by atoms with van der Waals surface area (Å²) in [5, 5.41) is 6.84. The molecule has 150 valence electrons. The van der Waals surface area contributed by atoms with E-state index in [0.29, 0.717) is 27.9 Å². The molecule has 0 atom stereocenters. The van der Waals surface area contributed by atoms with E-state index in [0.717, 1.165) is 0 Å². The number of nitrogens with zero attached hydrogens (tertiary/aromatic N) is 2. The minimum atomic E-state index is -0.629. The van der Waals surface area contributed by atoms with E-state index >= 15 is 0 Å². The standard InChI is InChI=1S/C19H15Cl2N3O4S/c1-11-22-17(28-24-11)10-29-15-8-3-2-5-12(15)19(26)27-9-16(25)23-18-13(20)6-4-7-14(18)21/h2-8H,9-10H2,1H3,(H,23,25). The number of halogens is 2. The number of benzene rings is 2. The van der Waals surface area contributed by atoms with Crippen LogP contribution in [0.1, 0.15) is 22.1 Å². The Labute approximate surface area is 180 Å². The quantitative estimate of drug-likeness (QED) is 0.408. The van der Waals surface area contributed by atoms with Gasteiger partial charge in [0.25, 0.3) is 5.91 Å². The zero-order chi connectivity index (χ0) is 20.8. The van der Waals surface area contributed by atoms with E-state index in [1.54, 1.807) is 49.4 Å². The van der Waals surface area contributed by atoms with E-state index in [9.17, 15) is 9.59 Å². The van der Waals surface area contributed by atoms with Gasteiger partial charge in [-0.2, -0.15) is 4.98 Å². The van der Waals surface area contributed by atoms with E-state index in [2.05, 4.69) is 15.5 Å². The number of para-hydroxylation sites is 1. The van der Waals surface area contributed by atoms with E-state index in [4.69, 9.17) is 32.5 Å². The Kier molecular flexibility index (Phi) is 7.13. The van der Waals surface area contributed by atoms with Crippen molar-refractivity contribution in [2.24, 2.45) is 0 Å². The van der Waals surface area contributed by atoms with Crippen molar-refractivity contribution in [1.29, 1.82) is 0 Å². The number of anilines is 1. The Morgan fingerprint density at radius 3 is 2.55 bits per heavy atom. The summed E-state index contributed by atoms with van der Waals surface area (Å²) in [6.07, 6.45) is 0. The van der Waals surface area contributed by atoms with Gasteiger partial charge in [-0.3, -0.25) is 4.79 Å². The molecular formula is C19H15Cl2N3O4S. The average molecular weight is 452 g/mol. The number of carbonyl (C=O) groups excluding carboxylic acids is 2. The second-order valence-corrected chi connectivity index (χ2v) is 7.57. The van der Waals surface area contributed by atoms with Crippen LogP contribution in [-0.4, -0.2) is 28.6 Å². The number of amides is 1. The summed E-state index contributed by atoms with van der Waals surface area (Å²) in [6.45, 7) is 1.24. The van der Waals surface area contributed by atoms with Crippen molar-refractivity contribution in [3.8, 4) is 0 Å². The van der Waals surface area contributed by atoms with Crippen LogP contribution in [-0.2, 0) is 15.3 Å². The van der Waals surface area contributed by atoms with Crippen LogP contribution >= 0.6 is 35.0 Å². The Bertz CT molecular complexity index is 1020. The monoisotopic (exact) mass is 451 g/mol. The topological polar surface area (TPSA) is 94.3 Å². The van der Waals surface area contributed by atoms with Gasteiger partial charge in [0.1, 0.15) is 0 Å². The third kappa shape index (κ3) is 5.72. The predicted molar refractivity (Wildman–Crippen MR) is 110 cm³/mol. The lowest BCUT2D eigenvalue weighted by Gasteiger charge is -2.11. The minimum absolute atomic E-state index is 0.266. The van der Waals surface area contributed by atoms with Crippen molar-refractivity contribution in [3.05, 3.63) is 69.8 Å². The van der Waals surface area contributed by atoms with Gasteiger partial charge in [-0.15, -0.1) is 11.8 Å². The Hall–Kier alpha value is -2.55. The number of carbonyl (C=O) groups is 2. The molecule has 0 aliphatic carbocycles. The number of aromatic nitrogens is 2. The summed E-state index contributed by atoms with van der Waals surface area (Å²) >= 11 is 13.4. The fourth-order valence-corrected chi connectivity index (χ4v) is 3.67. The number of ether oxygens (including phenoxy) is 1. The minimum Gasteiger partial charge on any atom is -0.452 e. The molecule has 2 aromatic carbocycles. The maximum atomic E-state index is 12.5. The maximum Gasteiger partial charge on any atom is 0.339 e. The van der Waals surface area contributed by atoms with E-state index < -0.39 is 18.5 Å². The van der Waals surface area contributed by atoms with Gasteiger partial charge in [0.05, 0.1) is 27.0 Å². The molecule has 7 nitrogen and oxygen atoms in total. The van der Waals surface area contributed by atoms with E-state index in [1.165, 1.54) is 11.8 Å². The predicted octanol–water partition coefficient (Wildman–Crippen LogP) is 4.77. The number of esters is 1. The van der Waals surface area contributed by atoms with Crippen LogP contribution in [0.2, 0.25) is 10.0 Å². The number of nitrogens with one attached hydrogen (secondary N) is 1. The molecule has 10 heteroatoms. The first-order chi connectivity index (χ1) is 13.9. The van der Waals surface area contributed by atoms with E-state index in [1.807, 2.05) is 0 Å². The van der Waals surface area contributed by atoms with Gasteiger partial charge >= 0.3 is 5.97 Å². The van der Waals surface area contributed by atoms with Crippen molar-refractivity contribution in [3.63, 3.8) is 0 Å². The third-order valence-corrected chi connectivity index (χ3v) is 5.28. The zero-order valence-electron chi connectivity index (χ0n) is 15.1. The van der Waals surface area contributed by atoms with Crippen LogP contribution in [0.3, 0.4) is 0 Å². The number of aryl methyl sites for hydroxylation is 1. The highest BCUT2D eigenvalue weighted by atomic mass is 35.5. The van der Waals surface area contributed by atoms with Crippen molar-refractivity contribution in [2.75, 3.05) is 11.9 Å². The normalized spacial score (nSPS) is 10.6. The first-order valence-corrected chi connectivity index (χ1v) is 10.1. The number of rotatable bonds is 7. The molecule has 0 aliphatic heterocycles. The first kappa shape index (κ1) is 21.2. The molecule has 1 amide bonds. The molecule has 0 fully saturated rings. The van der Waals surface area contributed by atoms with Crippen molar-refractivity contribution in [1.82, 2.24) is 10.1 Å². The molecule has 29 heavy (non-hydrogen) atoms. The highest BCUT2D eigenvalue weighted by molar-refractivity contribution is 7.98. The molecule has 0 unspecified atom stereocenters. The molecule has 1 aromatic heterocycles. The Morgan fingerprint density at radius 1 is 1.14 bits per heavy atom. The summed E-state index contributed by atoms with van der Waals surface area (Å²) in [5.41, 5.74) is 0.597. The number of thioether (sulfide) groups is 1. The summed E-state index contributed by atoms with van der Waals surface area (Å²) in [7, 11) is 0. The first-order valence-electron chi connectivity index (χ1n) is 8.36. The van der Waals surface area contributed by atoms with Crippen LogP contribution in [0.5, 0.6) is 0 Å². The molecule has 0 saturated carbocycles. The van der Waals surface area contributed by atoms with Crippen molar-refractivity contribution < 1.29 is 18.8 Å². The largest absolute Gasteiger partial charge is 0.452 e. The lowest BCUT2D eigenvalue weighted by Crippen LogP contribution is -2.21. The van der Waals surface area contributed by atoms with Gasteiger partial charge in [-0.25, -0.2) is 4.79 Å². The molecular weight excluding hydrogens is 437 g/mol. The second kappa shape index (κ2) is 9.78. The van der Waals surface area contributed by atoms with Crippen molar-refractivity contribution >= 4 is 52.5 Å². The highest BCUT2D eigenvalue weighted by Crippen LogP contribution is 2.30. The van der Waals surface area contributed by atoms with E-state index in [-0.39, 0.29) is 15.7 Å². The molecule has 3 aromatic rings. The number of hydrogen-bond acceptors (Lipinski definition) is 7. The van der Waals surface area contributed by atoms with Gasteiger partial charge in [-0.05, 0) is 31.2 Å². The second-order valence-electron chi connectivity index (χ2n) is 5.74. The van der Waals surface area contributed by atoms with Gasteiger partial charge in [0, 0.05) is 4.90 Å². The molecule has 3 rings (SSSR count). The lowest BCUT2D eigenvalue weighted by atomic mass is 10.2.